The molecule has 4 amide bonds. The van der Waals surface area contributed by atoms with Gasteiger partial charge in [0.05, 0.1) is 16.3 Å². The second-order valence-corrected chi connectivity index (χ2v) is 9.96. The molecule has 1 N–H and O–H groups in total. The molecule has 3 aromatic rings. The van der Waals surface area contributed by atoms with Crippen molar-refractivity contribution >= 4 is 73.1 Å². The molecule has 37 heavy (non-hydrogen) atoms. The zero-order valence-electron chi connectivity index (χ0n) is 18.4. The molecule has 1 fully saturated rings. The topological polar surface area (TPSA) is 75.7 Å². The third-order valence-electron chi connectivity index (χ3n) is 5.20. The van der Waals surface area contributed by atoms with Crippen molar-refractivity contribution in [3.8, 4) is 5.75 Å². The highest BCUT2D eigenvalue weighted by Crippen LogP contribution is 2.37. The maximum absolute atomic E-state index is 13.3. The van der Waals surface area contributed by atoms with Gasteiger partial charge in [-0.15, -0.1) is 0 Å². The Morgan fingerprint density at radius 1 is 0.946 bits per heavy atom. The lowest BCUT2D eigenvalue weighted by Gasteiger charge is -2.27. The fraction of sp³-hybridized carbons (Fsp3) is 0.0800. The standard InChI is InChI=1S/C25H14Br2ClF3N2O4/c26-16-4-1-13(2-5-16)12-37-21-8-6-17(27)9-14(21)10-18-22(34)32-24(36)33(23(18)35)20-11-15(25(29,30)31)3-7-19(20)28/h1-11H,12H2,(H,32,34,36)/b18-10-. The third-order valence-corrected chi connectivity index (χ3v) is 6.54. The van der Waals surface area contributed by atoms with Crippen LogP contribution in [0.25, 0.3) is 6.08 Å². The first-order chi connectivity index (χ1) is 17.4. The number of rotatable bonds is 5. The average Bonchev–Trinajstić information content (AvgIpc) is 2.82. The van der Waals surface area contributed by atoms with E-state index in [4.69, 9.17) is 16.3 Å². The number of benzene rings is 3. The SMILES string of the molecule is O=C1NC(=O)N(c2cc(C(F)(F)F)ccc2Cl)C(=O)/C1=C\c1cc(Br)ccc1OCc1ccc(Br)cc1. The van der Waals surface area contributed by atoms with Gasteiger partial charge in [-0.1, -0.05) is 55.6 Å². The van der Waals surface area contributed by atoms with Gasteiger partial charge in [-0.2, -0.15) is 13.2 Å². The number of hydrogen-bond donors (Lipinski definition) is 1. The van der Waals surface area contributed by atoms with Gasteiger partial charge in [0, 0.05) is 14.5 Å². The fourth-order valence-corrected chi connectivity index (χ4v) is 4.24. The number of urea groups is 1. The number of ether oxygens (including phenoxy) is 1. The highest BCUT2D eigenvalue weighted by atomic mass is 79.9. The van der Waals surface area contributed by atoms with Crippen LogP contribution in [-0.2, 0) is 22.4 Å². The molecule has 0 atom stereocenters. The van der Waals surface area contributed by atoms with Crippen molar-refractivity contribution in [2.45, 2.75) is 12.8 Å². The number of imide groups is 2. The fourth-order valence-electron chi connectivity index (χ4n) is 3.40. The molecule has 0 aliphatic carbocycles. The molecule has 0 saturated carbocycles. The molecule has 0 unspecified atom stereocenters. The third kappa shape index (κ3) is 6.06. The molecule has 0 radical (unpaired) electrons. The Hall–Kier alpha value is -3.15. The molecule has 0 aromatic heterocycles. The molecule has 0 spiro atoms. The van der Waals surface area contributed by atoms with Crippen LogP contribution in [0, 0.1) is 0 Å². The predicted octanol–water partition coefficient (Wildman–Crippen LogP) is 7.13. The first-order valence-electron chi connectivity index (χ1n) is 10.4. The zero-order chi connectivity index (χ0) is 26.9. The quantitative estimate of drug-likeness (QED) is 0.234. The van der Waals surface area contributed by atoms with Gasteiger partial charge in [0.15, 0.2) is 0 Å². The summed E-state index contributed by atoms with van der Waals surface area (Å²) in [5.74, 6) is -1.85. The van der Waals surface area contributed by atoms with Gasteiger partial charge in [0.2, 0.25) is 0 Å². The lowest BCUT2D eigenvalue weighted by molar-refractivity contribution is -0.137. The predicted molar refractivity (Wildman–Crippen MR) is 138 cm³/mol. The van der Waals surface area contributed by atoms with E-state index in [0.29, 0.717) is 26.8 Å². The van der Waals surface area contributed by atoms with Gasteiger partial charge in [-0.25, -0.2) is 9.69 Å². The Morgan fingerprint density at radius 3 is 2.30 bits per heavy atom. The summed E-state index contributed by atoms with van der Waals surface area (Å²) in [6.45, 7) is 0.176. The second-order valence-electron chi connectivity index (χ2n) is 7.72. The van der Waals surface area contributed by atoms with Crippen LogP contribution in [0.4, 0.5) is 23.7 Å². The first-order valence-corrected chi connectivity index (χ1v) is 12.4. The van der Waals surface area contributed by atoms with Crippen molar-refractivity contribution in [3.05, 3.63) is 96.9 Å². The number of alkyl halides is 3. The molecule has 0 bridgehead atoms. The summed E-state index contributed by atoms with van der Waals surface area (Å²) in [5, 5.41) is 1.69. The van der Waals surface area contributed by atoms with Crippen LogP contribution >= 0.6 is 43.5 Å². The second kappa shape index (κ2) is 10.7. The number of amides is 4. The van der Waals surface area contributed by atoms with Crippen molar-refractivity contribution < 1.29 is 32.3 Å². The van der Waals surface area contributed by atoms with E-state index in [1.54, 1.807) is 18.2 Å². The van der Waals surface area contributed by atoms with E-state index in [-0.39, 0.29) is 11.6 Å². The molecule has 12 heteroatoms. The van der Waals surface area contributed by atoms with Crippen molar-refractivity contribution in [2.24, 2.45) is 0 Å². The van der Waals surface area contributed by atoms with Crippen molar-refractivity contribution in [1.82, 2.24) is 5.32 Å². The number of hydrogen-bond acceptors (Lipinski definition) is 4. The Labute approximate surface area is 230 Å². The molecule has 3 aromatic carbocycles. The van der Waals surface area contributed by atoms with Gasteiger partial charge in [0.25, 0.3) is 11.8 Å². The van der Waals surface area contributed by atoms with Gasteiger partial charge >= 0.3 is 12.2 Å². The van der Waals surface area contributed by atoms with Gasteiger partial charge in [-0.05, 0) is 60.2 Å². The van der Waals surface area contributed by atoms with E-state index >= 15 is 0 Å². The molecule has 4 rings (SSSR count). The lowest BCUT2D eigenvalue weighted by atomic mass is 10.1. The Kier molecular flexibility index (Phi) is 7.77. The Morgan fingerprint density at radius 2 is 1.62 bits per heavy atom. The smallest absolute Gasteiger partial charge is 0.416 e. The number of nitrogens with zero attached hydrogens (tertiary/aromatic N) is 1. The summed E-state index contributed by atoms with van der Waals surface area (Å²) in [5.41, 5.74) is -0.967. The lowest BCUT2D eigenvalue weighted by Crippen LogP contribution is -2.54. The van der Waals surface area contributed by atoms with Crippen molar-refractivity contribution in [2.75, 3.05) is 4.90 Å². The van der Waals surface area contributed by atoms with Crippen LogP contribution in [-0.4, -0.2) is 17.8 Å². The van der Waals surface area contributed by atoms with Crippen LogP contribution < -0.4 is 15.0 Å². The average molecular weight is 659 g/mol. The molecule has 1 aliphatic rings. The maximum atomic E-state index is 13.3. The molecule has 6 nitrogen and oxygen atoms in total. The number of barbiturate groups is 1. The monoisotopic (exact) mass is 656 g/mol. The van der Waals surface area contributed by atoms with Gasteiger partial charge in [-0.3, -0.25) is 14.9 Å². The Balaban J connectivity index is 1.71. The number of anilines is 1. The molecule has 190 valence electrons. The minimum Gasteiger partial charge on any atom is -0.488 e. The minimum absolute atomic E-state index is 0.176. The Bertz CT molecular complexity index is 1440. The van der Waals surface area contributed by atoms with Crippen molar-refractivity contribution in [3.63, 3.8) is 0 Å². The van der Waals surface area contributed by atoms with Crippen LogP contribution in [0.5, 0.6) is 5.75 Å². The summed E-state index contributed by atoms with van der Waals surface area (Å²) < 4.78 is 47.1. The van der Waals surface area contributed by atoms with E-state index in [9.17, 15) is 27.6 Å². The van der Waals surface area contributed by atoms with E-state index in [1.807, 2.05) is 29.6 Å². The van der Waals surface area contributed by atoms with Crippen LogP contribution in [0.2, 0.25) is 5.02 Å². The summed E-state index contributed by atoms with van der Waals surface area (Å²) >= 11 is 12.7. The van der Waals surface area contributed by atoms with Crippen LogP contribution in [0.1, 0.15) is 16.7 Å². The molecular formula is C25H14Br2ClF3N2O4. The molecule has 1 heterocycles. The summed E-state index contributed by atoms with van der Waals surface area (Å²) in [7, 11) is 0. The molecule has 1 saturated heterocycles. The molecule has 1 aliphatic heterocycles. The van der Waals surface area contributed by atoms with Gasteiger partial charge in [0.1, 0.15) is 17.9 Å². The largest absolute Gasteiger partial charge is 0.488 e. The summed E-state index contributed by atoms with van der Waals surface area (Å²) in [4.78, 5) is 38.7. The summed E-state index contributed by atoms with van der Waals surface area (Å²) in [6.07, 6.45) is -3.55. The molecular weight excluding hydrogens is 645 g/mol. The first kappa shape index (κ1) is 26.9. The minimum atomic E-state index is -4.75. The number of carbonyl (C=O) groups is 3. The zero-order valence-corrected chi connectivity index (χ0v) is 22.3. The van der Waals surface area contributed by atoms with E-state index in [0.717, 1.165) is 22.2 Å². The van der Waals surface area contributed by atoms with Crippen molar-refractivity contribution in [1.29, 1.82) is 0 Å². The van der Waals surface area contributed by atoms with Gasteiger partial charge < -0.3 is 4.74 Å². The maximum Gasteiger partial charge on any atom is 0.416 e. The van der Waals surface area contributed by atoms with E-state index in [2.05, 4.69) is 31.9 Å². The van der Waals surface area contributed by atoms with E-state index < -0.39 is 40.8 Å². The number of nitrogens with one attached hydrogen (secondary N) is 1. The number of carbonyl (C=O) groups excluding carboxylic acids is 3. The highest BCUT2D eigenvalue weighted by molar-refractivity contribution is 9.10. The van der Waals surface area contributed by atoms with Crippen LogP contribution in [0.3, 0.4) is 0 Å². The number of halogens is 6. The highest BCUT2D eigenvalue weighted by Gasteiger charge is 2.39. The summed E-state index contributed by atoms with van der Waals surface area (Å²) in [6, 6.07) is 13.3. The van der Waals surface area contributed by atoms with Crippen LogP contribution in [0.15, 0.2) is 75.2 Å². The van der Waals surface area contributed by atoms with E-state index in [1.165, 1.54) is 6.08 Å². The normalized spacial score (nSPS) is 15.2.